The van der Waals surface area contributed by atoms with Crippen molar-refractivity contribution in [3.63, 3.8) is 0 Å². The van der Waals surface area contributed by atoms with Crippen molar-refractivity contribution in [3.8, 4) is 11.4 Å². The Morgan fingerprint density at radius 1 is 1.00 bits per heavy atom. The first-order valence-corrected chi connectivity index (χ1v) is 9.62. The second kappa shape index (κ2) is 9.44. The number of hydrogen-bond donors (Lipinski definition) is 2. The van der Waals surface area contributed by atoms with Crippen molar-refractivity contribution in [1.29, 1.82) is 0 Å². The molecule has 0 spiro atoms. The zero-order chi connectivity index (χ0) is 21.7. The minimum absolute atomic E-state index is 0.0539. The SMILES string of the molecule is Cn1c(SCC(=O)NCC(=O)Nc2ccc(F)c(F)c2)nnc1-c1ccccc1F. The molecule has 30 heavy (non-hydrogen) atoms. The third kappa shape index (κ3) is 5.17. The number of anilines is 1. The summed E-state index contributed by atoms with van der Waals surface area (Å²) in [4.78, 5) is 23.8. The van der Waals surface area contributed by atoms with Crippen molar-refractivity contribution in [1.82, 2.24) is 20.1 Å². The van der Waals surface area contributed by atoms with Crippen molar-refractivity contribution in [3.05, 3.63) is 59.9 Å². The molecular weight excluding hydrogens is 419 g/mol. The van der Waals surface area contributed by atoms with Gasteiger partial charge in [0, 0.05) is 18.8 Å². The van der Waals surface area contributed by atoms with Crippen molar-refractivity contribution >= 4 is 29.3 Å². The normalized spacial score (nSPS) is 10.7. The van der Waals surface area contributed by atoms with E-state index in [4.69, 9.17) is 0 Å². The predicted molar refractivity (Wildman–Crippen MR) is 105 cm³/mol. The van der Waals surface area contributed by atoms with Gasteiger partial charge in [-0.25, -0.2) is 13.2 Å². The molecule has 0 aliphatic carbocycles. The first-order valence-electron chi connectivity index (χ1n) is 8.64. The van der Waals surface area contributed by atoms with Gasteiger partial charge in [0.15, 0.2) is 22.6 Å². The summed E-state index contributed by atoms with van der Waals surface area (Å²) >= 11 is 1.07. The van der Waals surface area contributed by atoms with Gasteiger partial charge in [-0.05, 0) is 24.3 Å². The molecule has 156 valence electrons. The average Bonchev–Trinajstić information content (AvgIpc) is 3.08. The Labute approximate surface area is 173 Å². The van der Waals surface area contributed by atoms with Crippen LogP contribution in [-0.4, -0.2) is 38.9 Å². The summed E-state index contributed by atoms with van der Waals surface area (Å²) in [6, 6.07) is 9.07. The summed E-state index contributed by atoms with van der Waals surface area (Å²) in [7, 11) is 1.65. The number of halogens is 3. The van der Waals surface area contributed by atoms with Gasteiger partial charge in [-0.1, -0.05) is 23.9 Å². The third-order valence-corrected chi connectivity index (χ3v) is 4.95. The lowest BCUT2D eigenvalue weighted by molar-refractivity contribution is -0.122. The number of amides is 2. The number of carbonyl (C=O) groups is 2. The number of benzene rings is 2. The van der Waals surface area contributed by atoms with Crippen LogP contribution in [0.3, 0.4) is 0 Å². The second-order valence-corrected chi connectivity index (χ2v) is 7.03. The molecule has 11 heteroatoms. The Hall–Kier alpha value is -3.34. The van der Waals surface area contributed by atoms with E-state index in [2.05, 4.69) is 20.8 Å². The van der Waals surface area contributed by atoms with Crippen LogP contribution in [0.25, 0.3) is 11.4 Å². The van der Waals surface area contributed by atoms with E-state index in [0.29, 0.717) is 11.0 Å². The average molecular weight is 435 g/mol. The summed E-state index contributed by atoms with van der Waals surface area (Å²) in [6.45, 7) is -0.350. The molecule has 0 unspecified atom stereocenters. The number of hydrogen-bond acceptors (Lipinski definition) is 5. The Kier molecular flexibility index (Phi) is 6.72. The fraction of sp³-hybridized carbons (Fsp3) is 0.158. The van der Waals surface area contributed by atoms with E-state index in [0.717, 1.165) is 23.9 Å². The molecule has 0 saturated carbocycles. The minimum Gasteiger partial charge on any atom is -0.346 e. The molecule has 2 aromatic carbocycles. The monoisotopic (exact) mass is 435 g/mol. The molecular formula is C19H16F3N5O2S. The van der Waals surface area contributed by atoms with Crippen molar-refractivity contribution < 1.29 is 22.8 Å². The Balaban J connectivity index is 1.50. The zero-order valence-corrected chi connectivity index (χ0v) is 16.5. The van der Waals surface area contributed by atoms with Gasteiger partial charge in [0.2, 0.25) is 11.8 Å². The van der Waals surface area contributed by atoms with Gasteiger partial charge in [0.05, 0.1) is 17.9 Å². The predicted octanol–water partition coefficient (Wildman–Crippen LogP) is 2.75. The van der Waals surface area contributed by atoms with Crippen LogP contribution in [0.5, 0.6) is 0 Å². The van der Waals surface area contributed by atoms with Crippen LogP contribution in [-0.2, 0) is 16.6 Å². The maximum absolute atomic E-state index is 13.9. The van der Waals surface area contributed by atoms with E-state index in [1.165, 1.54) is 12.1 Å². The van der Waals surface area contributed by atoms with E-state index in [-0.39, 0.29) is 23.5 Å². The fourth-order valence-electron chi connectivity index (χ4n) is 2.46. The summed E-state index contributed by atoms with van der Waals surface area (Å²) in [5.41, 5.74) is 0.361. The second-order valence-electron chi connectivity index (χ2n) is 6.09. The fourth-order valence-corrected chi connectivity index (χ4v) is 3.20. The molecule has 2 amide bonds. The Bertz CT molecular complexity index is 1090. The maximum atomic E-state index is 13.9. The summed E-state index contributed by atoms with van der Waals surface area (Å²) in [5.74, 6) is -3.33. The molecule has 2 N–H and O–H groups in total. The molecule has 0 bridgehead atoms. The molecule has 1 aromatic heterocycles. The Morgan fingerprint density at radius 3 is 2.50 bits per heavy atom. The number of rotatable bonds is 7. The van der Waals surface area contributed by atoms with Crippen LogP contribution in [0, 0.1) is 17.5 Å². The van der Waals surface area contributed by atoms with Gasteiger partial charge in [-0.15, -0.1) is 10.2 Å². The standard InChI is InChI=1S/C19H16F3N5O2S/c1-27-18(12-4-2-3-5-13(12)20)25-26-19(27)30-10-17(29)23-9-16(28)24-11-6-7-14(21)15(22)8-11/h2-8H,9-10H2,1H3,(H,23,29)(H,24,28). The minimum atomic E-state index is -1.09. The molecule has 0 aliphatic rings. The van der Waals surface area contributed by atoms with E-state index in [1.807, 2.05) is 0 Å². The van der Waals surface area contributed by atoms with Crippen LogP contribution < -0.4 is 10.6 Å². The van der Waals surface area contributed by atoms with Crippen LogP contribution in [0.1, 0.15) is 0 Å². The van der Waals surface area contributed by atoms with E-state index in [9.17, 15) is 22.8 Å². The van der Waals surface area contributed by atoms with Crippen LogP contribution in [0.15, 0.2) is 47.6 Å². The largest absolute Gasteiger partial charge is 0.346 e. The topological polar surface area (TPSA) is 88.9 Å². The molecule has 1 heterocycles. The molecule has 0 aliphatic heterocycles. The maximum Gasteiger partial charge on any atom is 0.243 e. The number of nitrogens with one attached hydrogen (secondary N) is 2. The highest BCUT2D eigenvalue weighted by atomic mass is 32.2. The number of aromatic nitrogens is 3. The van der Waals surface area contributed by atoms with Gasteiger partial charge in [-0.3, -0.25) is 9.59 Å². The zero-order valence-electron chi connectivity index (χ0n) is 15.7. The molecule has 0 atom stereocenters. The van der Waals surface area contributed by atoms with Crippen molar-refractivity contribution in [2.24, 2.45) is 7.05 Å². The third-order valence-electron chi connectivity index (χ3n) is 3.93. The van der Waals surface area contributed by atoms with Crippen LogP contribution in [0.4, 0.5) is 18.9 Å². The number of carbonyl (C=O) groups excluding carboxylic acids is 2. The first-order chi connectivity index (χ1) is 14.3. The lowest BCUT2D eigenvalue weighted by atomic mass is 10.2. The molecule has 3 aromatic rings. The highest BCUT2D eigenvalue weighted by Crippen LogP contribution is 2.24. The summed E-state index contributed by atoms with van der Waals surface area (Å²) in [6.07, 6.45) is 0. The summed E-state index contributed by atoms with van der Waals surface area (Å²) < 4.78 is 41.5. The number of nitrogens with zero attached hydrogens (tertiary/aromatic N) is 3. The van der Waals surface area contributed by atoms with E-state index < -0.39 is 29.3 Å². The highest BCUT2D eigenvalue weighted by Gasteiger charge is 2.16. The number of thioether (sulfide) groups is 1. The lowest BCUT2D eigenvalue weighted by Crippen LogP contribution is -2.34. The van der Waals surface area contributed by atoms with Gasteiger partial charge < -0.3 is 15.2 Å². The van der Waals surface area contributed by atoms with Gasteiger partial charge in [-0.2, -0.15) is 0 Å². The van der Waals surface area contributed by atoms with Gasteiger partial charge in [0.1, 0.15) is 5.82 Å². The van der Waals surface area contributed by atoms with Crippen molar-refractivity contribution in [2.75, 3.05) is 17.6 Å². The summed E-state index contributed by atoms with van der Waals surface area (Å²) in [5, 5.41) is 13.1. The van der Waals surface area contributed by atoms with Crippen LogP contribution in [0.2, 0.25) is 0 Å². The Morgan fingerprint density at radius 2 is 1.77 bits per heavy atom. The molecule has 0 saturated heterocycles. The first kappa shape index (κ1) is 21.4. The quantitative estimate of drug-likeness (QED) is 0.557. The molecule has 0 radical (unpaired) electrons. The van der Waals surface area contributed by atoms with Gasteiger partial charge >= 0.3 is 0 Å². The van der Waals surface area contributed by atoms with Crippen LogP contribution >= 0.6 is 11.8 Å². The highest BCUT2D eigenvalue weighted by molar-refractivity contribution is 7.99. The van der Waals surface area contributed by atoms with Crippen molar-refractivity contribution in [2.45, 2.75) is 5.16 Å². The smallest absolute Gasteiger partial charge is 0.243 e. The lowest BCUT2D eigenvalue weighted by Gasteiger charge is -2.07. The molecule has 7 nitrogen and oxygen atoms in total. The van der Waals surface area contributed by atoms with E-state index >= 15 is 0 Å². The van der Waals surface area contributed by atoms with Gasteiger partial charge in [0.25, 0.3) is 0 Å². The molecule has 3 rings (SSSR count). The van der Waals surface area contributed by atoms with E-state index in [1.54, 1.807) is 29.8 Å². The molecule has 0 fully saturated rings.